The summed E-state index contributed by atoms with van der Waals surface area (Å²) in [5.74, 6) is 0. The molecule has 0 bridgehead atoms. The van der Waals surface area contributed by atoms with Crippen molar-refractivity contribution >= 4 is 56.1 Å². The van der Waals surface area contributed by atoms with Crippen molar-refractivity contribution < 1.29 is 17.9 Å². The summed E-state index contributed by atoms with van der Waals surface area (Å²) in [6.45, 7) is 5.16. The van der Waals surface area contributed by atoms with Gasteiger partial charge in [-0.3, -0.25) is 5.41 Å². The van der Waals surface area contributed by atoms with Crippen LogP contribution in [-0.2, 0) is 14.6 Å². The van der Waals surface area contributed by atoms with E-state index >= 15 is 0 Å². The highest BCUT2D eigenvalue weighted by molar-refractivity contribution is 8.01. The van der Waals surface area contributed by atoms with E-state index < -0.39 is 21.5 Å². The van der Waals surface area contributed by atoms with Crippen molar-refractivity contribution in [2.24, 2.45) is 0 Å². The van der Waals surface area contributed by atoms with Crippen molar-refractivity contribution in [3.8, 4) is 11.1 Å². The zero-order valence-corrected chi connectivity index (χ0v) is 21.1. The Bertz CT molecular complexity index is 1290. The Morgan fingerprint density at radius 3 is 2.33 bits per heavy atom. The summed E-state index contributed by atoms with van der Waals surface area (Å²) < 4.78 is 33.0. The lowest BCUT2D eigenvalue weighted by molar-refractivity contribution is 0.0606. The van der Waals surface area contributed by atoms with E-state index in [1.807, 2.05) is 18.2 Å². The number of nitrogens with zero attached hydrogens (tertiary/aromatic N) is 1. The monoisotopic (exact) mass is 503 g/mol. The lowest BCUT2D eigenvalue weighted by Crippen LogP contribution is -2.35. The molecule has 0 fully saturated rings. The van der Waals surface area contributed by atoms with E-state index in [0.29, 0.717) is 9.90 Å². The van der Waals surface area contributed by atoms with Crippen LogP contribution in [0.3, 0.4) is 0 Å². The number of carbonyl (C=O) groups is 1. The average molecular weight is 504 g/mol. The third kappa shape index (κ3) is 5.58. The molecule has 1 amide bonds. The van der Waals surface area contributed by atoms with Crippen LogP contribution in [0.5, 0.6) is 0 Å². The predicted molar refractivity (Wildman–Crippen MR) is 135 cm³/mol. The lowest BCUT2D eigenvalue weighted by Gasteiger charge is -2.23. The van der Waals surface area contributed by atoms with E-state index in [0.717, 1.165) is 33.7 Å². The summed E-state index contributed by atoms with van der Waals surface area (Å²) in [5.41, 5.74) is 7.23. The van der Waals surface area contributed by atoms with Crippen molar-refractivity contribution in [1.82, 2.24) is 0 Å². The lowest BCUT2D eigenvalue weighted by atomic mass is 10.1. The van der Waals surface area contributed by atoms with Gasteiger partial charge in [0.15, 0.2) is 0 Å². The molecular formula is C23H25N3O4S3. The fourth-order valence-corrected chi connectivity index (χ4v) is 6.99. The van der Waals surface area contributed by atoms with E-state index in [4.69, 9.17) is 15.9 Å². The topological polar surface area (TPSA) is 114 Å². The summed E-state index contributed by atoms with van der Waals surface area (Å²) in [4.78, 5) is 13.7. The van der Waals surface area contributed by atoms with Gasteiger partial charge in [0.2, 0.25) is 9.84 Å². The van der Waals surface area contributed by atoms with Crippen LogP contribution in [0.25, 0.3) is 11.1 Å². The van der Waals surface area contributed by atoms with Gasteiger partial charge in [0.25, 0.3) is 0 Å². The number of ether oxygens (including phenoxy) is 1. The number of anilines is 2. The molecular weight excluding hydrogens is 478 g/mol. The maximum atomic E-state index is 13.6. The van der Waals surface area contributed by atoms with Gasteiger partial charge in [-0.15, -0.1) is 23.1 Å². The molecule has 0 aliphatic carbocycles. The molecule has 0 aliphatic rings. The third-order valence-electron chi connectivity index (χ3n) is 4.45. The van der Waals surface area contributed by atoms with Crippen molar-refractivity contribution in [3.05, 3.63) is 54.6 Å². The number of rotatable bonds is 6. The zero-order chi connectivity index (χ0) is 24.4. The van der Waals surface area contributed by atoms with Gasteiger partial charge in [0, 0.05) is 5.69 Å². The van der Waals surface area contributed by atoms with Crippen LogP contribution in [0.1, 0.15) is 20.8 Å². The van der Waals surface area contributed by atoms with Crippen LogP contribution in [0, 0.1) is 5.41 Å². The number of hydrogen-bond acceptors (Lipinski definition) is 8. The fourth-order valence-electron chi connectivity index (χ4n) is 3.00. The number of benzene rings is 2. The van der Waals surface area contributed by atoms with Gasteiger partial charge in [-0.25, -0.2) is 18.1 Å². The van der Waals surface area contributed by atoms with Crippen LogP contribution in [-0.4, -0.2) is 32.7 Å². The number of nitrogen functional groups attached to an aromatic ring is 1. The second kappa shape index (κ2) is 9.58. The van der Waals surface area contributed by atoms with Crippen LogP contribution in [0.2, 0.25) is 0 Å². The Morgan fingerprint density at radius 1 is 1.12 bits per heavy atom. The number of hydrogen-bond donors (Lipinski definition) is 2. The minimum Gasteiger partial charge on any atom is -0.443 e. The summed E-state index contributed by atoms with van der Waals surface area (Å²) in [7, 11) is -3.90. The third-order valence-corrected chi connectivity index (χ3v) is 8.75. The summed E-state index contributed by atoms with van der Waals surface area (Å²) >= 11 is 2.37. The van der Waals surface area contributed by atoms with Crippen LogP contribution in [0.15, 0.2) is 68.6 Å². The zero-order valence-electron chi connectivity index (χ0n) is 18.7. The highest BCUT2D eigenvalue weighted by atomic mass is 32.2. The van der Waals surface area contributed by atoms with E-state index in [1.165, 1.54) is 23.9 Å². The Morgan fingerprint density at radius 2 is 1.76 bits per heavy atom. The molecule has 0 saturated heterocycles. The minimum atomic E-state index is -3.90. The number of nitrogens with two attached hydrogens (primary N) is 1. The Kier molecular flexibility index (Phi) is 7.20. The molecule has 0 aliphatic heterocycles. The van der Waals surface area contributed by atoms with Crippen LogP contribution < -0.4 is 10.6 Å². The molecule has 33 heavy (non-hydrogen) atoms. The Balaban J connectivity index is 2.04. The van der Waals surface area contributed by atoms with Gasteiger partial charge < -0.3 is 10.5 Å². The van der Waals surface area contributed by atoms with Gasteiger partial charge in [0.1, 0.15) is 10.6 Å². The van der Waals surface area contributed by atoms with Gasteiger partial charge in [-0.1, -0.05) is 24.3 Å². The van der Waals surface area contributed by atoms with E-state index in [2.05, 4.69) is 0 Å². The van der Waals surface area contributed by atoms with Crippen molar-refractivity contribution in [3.63, 3.8) is 0 Å². The van der Waals surface area contributed by atoms with Gasteiger partial charge in [0.05, 0.1) is 20.3 Å². The minimum absolute atomic E-state index is 0.0788. The fraction of sp³-hybridized carbons (Fsp3) is 0.217. The van der Waals surface area contributed by atoms with Gasteiger partial charge in [-0.2, -0.15) is 0 Å². The SMILES string of the molecule is CSc1sc(N(C=N)C(=O)OC(C)(C)C)cc1S(=O)(=O)c1cccc(-c2cccc(N)c2)c1. The average Bonchev–Trinajstić information content (AvgIpc) is 3.18. The van der Waals surface area contributed by atoms with E-state index in [-0.39, 0.29) is 14.8 Å². The first kappa shape index (κ1) is 24.8. The predicted octanol–water partition coefficient (Wildman–Crippen LogP) is 5.90. The molecule has 0 unspecified atom stereocenters. The first-order valence-corrected chi connectivity index (χ1v) is 13.4. The molecule has 7 nitrogen and oxygen atoms in total. The number of nitrogens with one attached hydrogen (secondary N) is 1. The number of thiophene rings is 1. The number of amides is 1. The van der Waals surface area contributed by atoms with Crippen LogP contribution >= 0.6 is 23.1 Å². The number of carbonyl (C=O) groups excluding carboxylic acids is 1. The molecule has 0 saturated carbocycles. The van der Waals surface area contributed by atoms with Crippen LogP contribution in [0.4, 0.5) is 15.5 Å². The first-order valence-electron chi connectivity index (χ1n) is 9.88. The first-order chi connectivity index (χ1) is 15.5. The standard InChI is InChI=1S/C23H25N3O4S3/c1-23(2,3)30-22(27)26(14-24)20-13-19(21(31-4)32-20)33(28,29)18-10-6-8-16(12-18)15-7-5-9-17(25)11-15/h5-14,24H,25H2,1-4H3. The Labute approximate surface area is 202 Å². The molecule has 2 aromatic carbocycles. The second-order valence-corrected chi connectivity index (χ2v) is 12.1. The van der Waals surface area contributed by atoms with Gasteiger partial charge >= 0.3 is 6.09 Å². The second-order valence-electron chi connectivity index (χ2n) is 8.08. The Hall–Kier alpha value is -2.82. The molecule has 0 radical (unpaired) electrons. The molecule has 1 heterocycles. The maximum Gasteiger partial charge on any atom is 0.420 e. The summed E-state index contributed by atoms with van der Waals surface area (Å²) in [6, 6.07) is 15.3. The van der Waals surface area contributed by atoms with E-state index in [9.17, 15) is 13.2 Å². The van der Waals surface area contributed by atoms with Crippen molar-refractivity contribution in [2.45, 2.75) is 40.4 Å². The molecule has 10 heteroatoms. The van der Waals surface area contributed by atoms with Crippen molar-refractivity contribution in [2.75, 3.05) is 16.9 Å². The van der Waals surface area contributed by atoms with Crippen molar-refractivity contribution in [1.29, 1.82) is 5.41 Å². The normalized spacial score (nSPS) is 11.8. The molecule has 3 N–H and O–H groups in total. The van der Waals surface area contributed by atoms with E-state index in [1.54, 1.807) is 51.3 Å². The molecule has 3 aromatic rings. The maximum absolute atomic E-state index is 13.6. The number of sulfone groups is 1. The number of thioether (sulfide) groups is 1. The molecule has 0 spiro atoms. The molecule has 1 aromatic heterocycles. The molecule has 0 atom stereocenters. The smallest absolute Gasteiger partial charge is 0.420 e. The molecule has 174 valence electrons. The summed E-state index contributed by atoms with van der Waals surface area (Å²) in [6.07, 6.45) is 1.83. The highest BCUT2D eigenvalue weighted by Gasteiger charge is 2.29. The summed E-state index contributed by atoms with van der Waals surface area (Å²) in [5, 5.41) is 7.96. The largest absolute Gasteiger partial charge is 0.443 e. The molecule has 3 rings (SSSR count). The quantitative estimate of drug-likeness (QED) is 0.187. The highest BCUT2D eigenvalue weighted by Crippen LogP contribution is 2.41. The van der Waals surface area contributed by atoms with Gasteiger partial charge in [-0.05, 0) is 68.5 Å².